The quantitative estimate of drug-likeness (QED) is 0.702. The summed E-state index contributed by atoms with van der Waals surface area (Å²) in [7, 11) is -0.797. The van der Waals surface area contributed by atoms with E-state index in [-0.39, 0.29) is 0 Å². The topological polar surface area (TPSA) is 17.1 Å². The van der Waals surface area contributed by atoms with E-state index in [0.717, 1.165) is 0 Å². The number of benzene rings is 2. The molecule has 0 aromatic heterocycles. The third kappa shape index (κ3) is 1.81. The van der Waals surface area contributed by atoms with Crippen molar-refractivity contribution in [2.24, 2.45) is 0 Å². The van der Waals surface area contributed by atoms with Crippen LogP contribution in [0.1, 0.15) is 22.3 Å². The second-order valence-electron chi connectivity index (χ2n) is 4.95. The molecule has 1 heterocycles. The largest absolute Gasteiger partial charge is 0.259 e. The second kappa shape index (κ2) is 4.36. The van der Waals surface area contributed by atoms with E-state index in [9.17, 15) is 4.21 Å². The smallest absolute Gasteiger partial charge is 0.0495 e. The zero-order valence-corrected chi connectivity index (χ0v) is 11.5. The van der Waals surface area contributed by atoms with Crippen LogP contribution in [-0.4, -0.2) is 4.21 Å². The van der Waals surface area contributed by atoms with Crippen molar-refractivity contribution in [2.45, 2.75) is 25.4 Å². The molecule has 18 heavy (non-hydrogen) atoms. The maximum absolute atomic E-state index is 12.1. The summed E-state index contributed by atoms with van der Waals surface area (Å²) in [5, 5.41) is 0. The first-order valence-corrected chi connectivity index (χ1v) is 7.68. The molecule has 0 bridgehead atoms. The molecule has 2 heteroatoms. The summed E-state index contributed by atoms with van der Waals surface area (Å²) in [6, 6.07) is 12.6. The van der Waals surface area contributed by atoms with Gasteiger partial charge < -0.3 is 0 Å². The number of aryl methyl sites for hydroxylation is 2. The Labute approximate surface area is 110 Å². The van der Waals surface area contributed by atoms with Crippen LogP contribution in [0.5, 0.6) is 0 Å². The zero-order valence-electron chi connectivity index (χ0n) is 10.7. The maximum Gasteiger partial charge on any atom is 0.0495 e. The molecule has 1 nitrogen and oxygen atoms in total. The first kappa shape index (κ1) is 11.7. The van der Waals surface area contributed by atoms with Gasteiger partial charge in [-0.2, -0.15) is 0 Å². The van der Waals surface area contributed by atoms with Gasteiger partial charge in [0.15, 0.2) is 0 Å². The third-order valence-electron chi connectivity index (χ3n) is 3.60. The molecule has 0 atom stereocenters. The molecule has 0 radical (unpaired) electrons. The molecule has 0 saturated carbocycles. The lowest BCUT2D eigenvalue weighted by Gasteiger charge is -2.14. The lowest BCUT2D eigenvalue weighted by Crippen LogP contribution is -1.96. The number of rotatable bonds is 0. The normalized spacial score (nSPS) is 14.8. The maximum atomic E-state index is 12.1. The molecule has 0 unspecified atom stereocenters. The summed E-state index contributed by atoms with van der Waals surface area (Å²) < 4.78 is 12.1. The minimum absolute atomic E-state index is 0.672. The Morgan fingerprint density at radius 2 is 1.28 bits per heavy atom. The molecular formula is C16H16OS. The summed E-state index contributed by atoms with van der Waals surface area (Å²) in [6.07, 6.45) is 0. The summed E-state index contributed by atoms with van der Waals surface area (Å²) in [5.41, 5.74) is 7.61. The van der Waals surface area contributed by atoms with Crippen LogP contribution in [0.4, 0.5) is 0 Å². The van der Waals surface area contributed by atoms with E-state index < -0.39 is 10.8 Å². The van der Waals surface area contributed by atoms with Gasteiger partial charge in [-0.15, -0.1) is 0 Å². The Morgan fingerprint density at radius 3 is 1.72 bits per heavy atom. The minimum atomic E-state index is -0.797. The number of fused-ring (bicyclic) bond motifs is 3. The second-order valence-corrected chi connectivity index (χ2v) is 6.40. The van der Waals surface area contributed by atoms with Crippen LogP contribution in [0, 0.1) is 13.8 Å². The van der Waals surface area contributed by atoms with Crippen LogP contribution in [0.3, 0.4) is 0 Å². The van der Waals surface area contributed by atoms with Crippen molar-refractivity contribution in [3.05, 3.63) is 58.7 Å². The molecule has 0 N–H and O–H groups in total. The number of hydrogen-bond acceptors (Lipinski definition) is 1. The van der Waals surface area contributed by atoms with Crippen LogP contribution in [-0.2, 0) is 22.3 Å². The van der Waals surface area contributed by atoms with Gasteiger partial charge in [0.05, 0.1) is 0 Å². The number of hydrogen-bond donors (Lipinski definition) is 0. The summed E-state index contributed by atoms with van der Waals surface area (Å²) >= 11 is 0. The summed E-state index contributed by atoms with van der Waals surface area (Å²) in [6.45, 7) is 4.28. The van der Waals surface area contributed by atoms with Crippen molar-refractivity contribution in [1.82, 2.24) is 0 Å². The van der Waals surface area contributed by atoms with E-state index >= 15 is 0 Å². The van der Waals surface area contributed by atoms with E-state index in [0.29, 0.717) is 11.5 Å². The lowest BCUT2D eigenvalue weighted by atomic mass is 9.90. The van der Waals surface area contributed by atoms with Gasteiger partial charge in [0.25, 0.3) is 0 Å². The van der Waals surface area contributed by atoms with Gasteiger partial charge in [-0.25, -0.2) is 0 Å². The predicted octanol–water partition coefficient (Wildman–Crippen LogP) is 3.73. The fourth-order valence-corrected chi connectivity index (χ4v) is 4.09. The minimum Gasteiger partial charge on any atom is -0.259 e. The highest BCUT2D eigenvalue weighted by Crippen LogP contribution is 2.36. The van der Waals surface area contributed by atoms with Crippen LogP contribution in [0.25, 0.3) is 11.1 Å². The SMILES string of the molecule is Cc1cccc2c1-c1c(C)cccc1CS(=O)C2. The Bertz CT molecular complexity index is 588. The Balaban J connectivity index is 2.40. The summed E-state index contributed by atoms with van der Waals surface area (Å²) in [4.78, 5) is 0. The van der Waals surface area contributed by atoms with Gasteiger partial charge in [-0.1, -0.05) is 36.4 Å². The molecule has 2 aromatic carbocycles. The molecule has 0 fully saturated rings. The highest BCUT2D eigenvalue weighted by molar-refractivity contribution is 7.83. The average Bonchev–Trinajstić information content (AvgIpc) is 2.46. The van der Waals surface area contributed by atoms with Crippen molar-refractivity contribution in [1.29, 1.82) is 0 Å². The first-order chi connectivity index (χ1) is 8.66. The molecule has 3 rings (SSSR count). The molecule has 0 amide bonds. The van der Waals surface area contributed by atoms with Crippen LogP contribution in [0.15, 0.2) is 36.4 Å². The molecular weight excluding hydrogens is 240 g/mol. The Kier molecular flexibility index (Phi) is 2.83. The summed E-state index contributed by atoms with van der Waals surface area (Å²) in [5.74, 6) is 1.34. The predicted molar refractivity (Wildman–Crippen MR) is 76.9 cm³/mol. The lowest BCUT2D eigenvalue weighted by molar-refractivity contribution is 0.682. The standard InChI is InChI=1S/C16H16OS/c1-11-5-3-7-13-9-18(17)10-14-8-4-6-12(2)16(14)15(11)13/h3-8H,9-10H2,1-2H3. The van der Waals surface area contributed by atoms with Gasteiger partial charge >= 0.3 is 0 Å². The Morgan fingerprint density at radius 1 is 0.833 bits per heavy atom. The van der Waals surface area contributed by atoms with E-state index in [2.05, 4.69) is 50.2 Å². The average molecular weight is 256 g/mol. The van der Waals surface area contributed by atoms with Crippen molar-refractivity contribution >= 4 is 10.8 Å². The highest BCUT2D eigenvalue weighted by atomic mass is 32.2. The van der Waals surface area contributed by atoms with E-state index in [1.165, 1.54) is 33.4 Å². The van der Waals surface area contributed by atoms with E-state index in [4.69, 9.17) is 0 Å². The monoisotopic (exact) mass is 256 g/mol. The van der Waals surface area contributed by atoms with Gasteiger partial charge in [-0.3, -0.25) is 4.21 Å². The van der Waals surface area contributed by atoms with E-state index in [1.54, 1.807) is 0 Å². The Hall–Kier alpha value is -1.41. The molecule has 1 aliphatic heterocycles. The molecule has 0 spiro atoms. The van der Waals surface area contributed by atoms with E-state index in [1.807, 2.05) is 0 Å². The van der Waals surface area contributed by atoms with Gasteiger partial charge in [0.1, 0.15) is 0 Å². The van der Waals surface area contributed by atoms with Crippen LogP contribution < -0.4 is 0 Å². The molecule has 2 aromatic rings. The van der Waals surface area contributed by atoms with Gasteiger partial charge in [-0.05, 0) is 47.2 Å². The highest BCUT2D eigenvalue weighted by Gasteiger charge is 2.20. The molecule has 1 aliphatic rings. The third-order valence-corrected chi connectivity index (χ3v) is 4.87. The fourth-order valence-electron chi connectivity index (χ4n) is 2.81. The first-order valence-electron chi connectivity index (χ1n) is 6.19. The molecule has 0 saturated heterocycles. The van der Waals surface area contributed by atoms with Gasteiger partial charge in [0, 0.05) is 22.3 Å². The van der Waals surface area contributed by atoms with Crippen molar-refractivity contribution < 1.29 is 4.21 Å². The van der Waals surface area contributed by atoms with Crippen molar-refractivity contribution in [3.8, 4) is 11.1 Å². The van der Waals surface area contributed by atoms with Crippen LogP contribution in [0.2, 0.25) is 0 Å². The van der Waals surface area contributed by atoms with Crippen molar-refractivity contribution in [2.75, 3.05) is 0 Å². The van der Waals surface area contributed by atoms with Crippen molar-refractivity contribution in [3.63, 3.8) is 0 Å². The molecule has 92 valence electrons. The fraction of sp³-hybridized carbons (Fsp3) is 0.250. The zero-order chi connectivity index (χ0) is 12.7. The van der Waals surface area contributed by atoms with Gasteiger partial charge in [0.2, 0.25) is 0 Å². The molecule has 0 aliphatic carbocycles. The van der Waals surface area contributed by atoms with Crippen LogP contribution >= 0.6 is 0 Å².